The molecule has 6 nitrogen and oxygen atoms in total. The molecule has 0 radical (unpaired) electrons. The van der Waals surface area contributed by atoms with Crippen molar-refractivity contribution in [3.63, 3.8) is 0 Å². The average Bonchev–Trinajstić information content (AvgIpc) is 3.17. The van der Waals surface area contributed by atoms with Crippen LogP contribution in [0, 0.1) is 40.4 Å². The minimum absolute atomic E-state index is 0.237. The van der Waals surface area contributed by atoms with E-state index in [1.165, 1.54) is 32.1 Å². The van der Waals surface area contributed by atoms with E-state index in [2.05, 4.69) is 45.1 Å². The van der Waals surface area contributed by atoms with Gasteiger partial charge in [0.2, 0.25) is 0 Å². The first kappa shape index (κ1) is 26.6. The molecule has 4 fully saturated rings. The van der Waals surface area contributed by atoms with E-state index in [1.807, 2.05) is 6.92 Å². The van der Waals surface area contributed by atoms with E-state index >= 15 is 0 Å². The molecule has 35 heavy (non-hydrogen) atoms. The molecule has 0 aromatic rings. The molecule has 0 spiro atoms. The number of Topliss-reactive ketones (excluding diaryl/α,β-unsaturated/α-hetero) is 1. The van der Waals surface area contributed by atoms with E-state index in [9.17, 15) is 9.59 Å². The summed E-state index contributed by atoms with van der Waals surface area (Å²) in [7, 11) is 0. The highest BCUT2D eigenvalue weighted by Crippen LogP contribution is 2.67. The van der Waals surface area contributed by atoms with Crippen LogP contribution in [0.25, 0.3) is 0 Å². The first-order valence-electron chi connectivity index (χ1n) is 14.4. The summed E-state index contributed by atoms with van der Waals surface area (Å²) in [5.74, 6) is 3.73. The lowest BCUT2D eigenvalue weighted by Crippen LogP contribution is -2.53. The number of ketones is 1. The molecule has 198 valence electrons. The van der Waals surface area contributed by atoms with Crippen LogP contribution in [0.2, 0.25) is 0 Å². The zero-order chi connectivity index (χ0) is 25.4. The van der Waals surface area contributed by atoms with Gasteiger partial charge in [-0.3, -0.25) is 9.63 Å². The van der Waals surface area contributed by atoms with Crippen LogP contribution in [0.4, 0.5) is 4.79 Å². The zero-order valence-electron chi connectivity index (χ0n) is 23.1. The van der Waals surface area contributed by atoms with Crippen LogP contribution >= 0.6 is 0 Å². The lowest BCUT2D eigenvalue weighted by atomic mass is 9.44. The first-order valence-corrected chi connectivity index (χ1v) is 14.4. The second kappa shape index (κ2) is 10.5. The Kier molecular flexibility index (Phi) is 8.00. The fraction of sp³-hybridized carbons (Fsp3) is 0.897. The number of hydrogen-bond acceptors (Lipinski definition) is 5. The molecule has 4 aliphatic rings. The van der Waals surface area contributed by atoms with Crippen LogP contribution in [-0.2, 0) is 9.63 Å². The highest BCUT2D eigenvalue weighted by Gasteiger charge is 2.60. The molecule has 0 aromatic heterocycles. The molecule has 0 aromatic carbocycles. The summed E-state index contributed by atoms with van der Waals surface area (Å²) < 4.78 is 0. The van der Waals surface area contributed by atoms with Crippen molar-refractivity contribution >= 4 is 17.6 Å². The maximum absolute atomic E-state index is 12.7. The molecular formula is C29H49N3O3. The molecule has 4 rings (SSSR count). The summed E-state index contributed by atoms with van der Waals surface area (Å²) in [5.41, 5.74) is 1.57. The van der Waals surface area contributed by atoms with Gasteiger partial charge in [-0.05, 0) is 93.3 Å². The van der Waals surface area contributed by atoms with Gasteiger partial charge >= 0.3 is 6.09 Å². The molecule has 0 heterocycles. The normalized spacial score (nSPS) is 39.1. The molecule has 6 heteroatoms. The third-order valence-corrected chi connectivity index (χ3v) is 10.8. The standard InChI is InChI=1S/C29H49N3O3/c1-7-32(17-16-30-19(2)3)27(34)35-31-20(4)24-10-11-25-23-9-8-21-18-22(33)12-14-28(21,5)26(23)13-15-29(24,25)6/h19,21,23-26,30H,7-18H2,1-6H3/b31-20+/t21-,23-,24+,25-,26-,28-,29+/m0/s1. The summed E-state index contributed by atoms with van der Waals surface area (Å²) in [6, 6.07) is 0.398. The van der Waals surface area contributed by atoms with Gasteiger partial charge in [0.15, 0.2) is 0 Å². The van der Waals surface area contributed by atoms with Crippen molar-refractivity contribution in [2.45, 2.75) is 105 Å². The van der Waals surface area contributed by atoms with Gasteiger partial charge in [-0.1, -0.05) is 32.9 Å². The number of amides is 1. The smallest absolute Gasteiger partial charge is 0.313 e. The van der Waals surface area contributed by atoms with Crippen molar-refractivity contribution < 1.29 is 14.4 Å². The molecule has 4 aliphatic carbocycles. The number of rotatable bonds is 7. The predicted octanol–water partition coefficient (Wildman–Crippen LogP) is 6.05. The monoisotopic (exact) mass is 487 g/mol. The Morgan fingerprint density at radius 1 is 1.11 bits per heavy atom. The first-order chi connectivity index (χ1) is 16.6. The number of likely N-dealkylation sites (N-methyl/N-ethyl adjacent to an activating group) is 1. The van der Waals surface area contributed by atoms with Gasteiger partial charge in [0.05, 0.1) is 5.71 Å². The van der Waals surface area contributed by atoms with E-state index in [-0.39, 0.29) is 11.5 Å². The third-order valence-electron chi connectivity index (χ3n) is 10.8. The van der Waals surface area contributed by atoms with E-state index in [4.69, 9.17) is 4.84 Å². The van der Waals surface area contributed by atoms with Crippen LogP contribution < -0.4 is 5.32 Å². The molecule has 1 N–H and O–H groups in total. The second-order valence-corrected chi connectivity index (χ2v) is 12.9. The van der Waals surface area contributed by atoms with Gasteiger partial charge in [0.1, 0.15) is 5.78 Å². The highest BCUT2D eigenvalue weighted by molar-refractivity contribution is 5.85. The summed E-state index contributed by atoms with van der Waals surface area (Å²) in [6.45, 7) is 15.2. The van der Waals surface area contributed by atoms with Crippen LogP contribution in [0.3, 0.4) is 0 Å². The number of nitrogens with one attached hydrogen (secondary N) is 1. The minimum Gasteiger partial charge on any atom is -0.313 e. The number of carbonyl (C=O) groups excluding carboxylic acids is 2. The van der Waals surface area contributed by atoms with Crippen molar-refractivity contribution in [2.24, 2.45) is 45.6 Å². The fourth-order valence-corrected chi connectivity index (χ4v) is 8.83. The van der Waals surface area contributed by atoms with Gasteiger partial charge in [0.25, 0.3) is 0 Å². The SMILES string of the molecule is CCN(CCNC(C)C)C(=O)O/N=C(\C)[C@H]1CC[C@H]2[C@@H]3CC[C@H]4CC(=O)CC[C@]4(C)[C@H]3CC[C@]12C. The van der Waals surface area contributed by atoms with Gasteiger partial charge in [0, 0.05) is 44.4 Å². The molecule has 1 amide bonds. The molecule has 0 unspecified atom stereocenters. The lowest BCUT2D eigenvalue weighted by Gasteiger charge is -2.60. The summed E-state index contributed by atoms with van der Waals surface area (Å²) >= 11 is 0. The van der Waals surface area contributed by atoms with E-state index in [0.29, 0.717) is 42.2 Å². The number of hydrogen-bond donors (Lipinski definition) is 1. The van der Waals surface area contributed by atoms with Crippen LogP contribution in [-0.4, -0.2) is 48.2 Å². The van der Waals surface area contributed by atoms with Crippen LogP contribution in [0.5, 0.6) is 0 Å². The van der Waals surface area contributed by atoms with E-state index in [1.54, 1.807) is 4.90 Å². The summed E-state index contributed by atoms with van der Waals surface area (Å²) in [5, 5.41) is 7.77. The Balaban J connectivity index is 1.40. The van der Waals surface area contributed by atoms with Crippen LogP contribution in [0.15, 0.2) is 5.16 Å². The largest absolute Gasteiger partial charge is 0.436 e. The average molecular weight is 488 g/mol. The van der Waals surface area contributed by atoms with Gasteiger partial charge in [-0.15, -0.1) is 0 Å². The summed E-state index contributed by atoms with van der Waals surface area (Å²) in [4.78, 5) is 32.0. The number of carbonyl (C=O) groups is 2. The van der Waals surface area contributed by atoms with Gasteiger partial charge in [-0.25, -0.2) is 4.79 Å². The number of fused-ring (bicyclic) bond motifs is 5. The fourth-order valence-electron chi connectivity index (χ4n) is 8.83. The Bertz CT molecular complexity index is 826. The molecular weight excluding hydrogens is 438 g/mol. The minimum atomic E-state index is -0.348. The predicted molar refractivity (Wildman–Crippen MR) is 140 cm³/mol. The molecule has 7 atom stereocenters. The molecule has 0 saturated heterocycles. The topological polar surface area (TPSA) is 71.0 Å². The Morgan fingerprint density at radius 3 is 2.57 bits per heavy atom. The second-order valence-electron chi connectivity index (χ2n) is 12.9. The molecule has 0 bridgehead atoms. The summed E-state index contributed by atoms with van der Waals surface area (Å²) in [6.07, 6.45) is 9.77. The maximum Gasteiger partial charge on any atom is 0.436 e. The van der Waals surface area contributed by atoms with Crippen molar-refractivity contribution in [1.29, 1.82) is 0 Å². The number of oxime groups is 1. The quantitative estimate of drug-likeness (QED) is 0.270. The third kappa shape index (κ3) is 5.06. The highest BCUT2D eigenvalue weighted by atomic mass is 16.7. The lowest BCUT2D eigenvalue weighted by molar-refractivity contribution is -0.138. The van der Waals surface area contributed by atoms with Crippen molar-refractivity contribution in [2.75, 3.05) is 19.6 Å². The molecule has 4 saturated carbocycles. The van der Waals surface area contributed by atoms with Gasteiger partial charge in [-0.2, -0.15) is 0 Å². The Morgan fingerprint density at radius 2 is 1.86 bits per heavy atom. The van der Waals surface area contributed by atoms with Crippen molar-refractivity contribution in [3.8, 4) is 0 Å². The van der Waals surface area contributed by atoms with Gasteiger partial charge < -0.3 is 10.2 Å². The molecule has 0 aliphatic heterocycles. The maximum atomic E-state index is 12.7. The Labute approximate surface area is 213 Å². The number of nitrogens with zero attached hydrogens (tertiary/aromatic N) is 2. The van der Waals surface area contributed by atoms with Crippen LogP contribution in [0.1, 0.15) is 99.3 Å². The Hall–Kier alpha value is -1.43. The zero-order valence-corrected chi connectivity index (χ0v) is 23.1. The van der Waals surface area contributed by atoms with E-state index in [0.717, 1.165) is 55.7 Å². The van der Waals surface area contributed by atoms with Crippen molar-refractivity contribution in [3.05, 3.63) is 0 Å². The van der Waals surface area contributed by atoms with E-state index < -0.39 is 0 Å². The van der Waals surface area contributed by atoms with Crippen molar-refractivity contribution in [1.82, 2.24) is 10.2 Å².